The van der Waals surface area contributed by atoms with E-state index >= 15 is 0 Å². The lowest BCUT2D eigenvalue weighted by atomic mass is 10.1. The maximum Gasteiger partial charge on any atom is 0.246 e. The third-order valence-electron chi connectivity index (χ3n) is 6.67. The number of likely N-dealkylation sites (N-methyl/N-ethyl adjacent to an activating group) is 1. The Morgan fingerprint density at radius 2 is 2.03 bits per heavy atom. The number of benzene rings is 2. The molecule has 0 radical (unpaired) electrons. The molecule has 0 spiro atoms. The zero-order valence-electron chi connectivity index (χ0n) is 22.1. The van der Waals surface area contributed by atoms with Gasteiger partial charge in [0, 0.05) is 36.8 Å². The van der Waals surface area contributed by atoms with Crippen LogP contribution in [0.2, 0.25) is 0 Å². The first kappa shape index (κ1) is 25.9. The van der Waals surface area contributed by atoms with Crippen molar-refractivity contribution in [2.75, 3.05) is 39.5 Å². The van der Waals surface area contributed by atoms with Crippen molar-refractivity contribution in [2.45, 2.75) is 18.9 Å². The smallest absolute Gasteiger partial charge is 0.246 e. The quantitative estimate of drug-likeness (QED) is 0.288. The summed E-state index contributed by atoms with van der Waals surface area (Å²) >= 11 is 0. The molecule has 198 valence electrons. The summed E-state index contributed by atoms with van der Waals surface area (Å²) in [6, 6.07) is 15.0. The molecule has 3 heterocycles. The van der Waals surface area contributed by atoms with Crippen LogP contribution in [0.5, 0.6) is 11.5 Å². The number of piperidine rings is 1. The average molecular weight is 522 g/mol. The van der Waals surface area contributed by atoms with Crippen molar-refractivity contribution in [1.82, 2.24) is 29.5 Å². The zero-order chi connectivity index (χ0) is 27.4. The summed E-state index contributed by atoms with van der Waals surface area (Å²) in [7, 11) is 3.94. The number of terminal acetylenes is 1. The lowest BCUT2D eigenvalue weighted by Gasteiger charge is -2.32. The number of aromatic nitrogens is 4. The van der Waals surface area contributed by atoms with Crippen LogP contribution in [-0.2, 0) is 4.79 Å². The van der Waals surface area contributed by atoms with Crippen LogP contribution in [0.3, 0.4) is 0 Å². The maximum absolute atomic E-state index is 12.8. The lowest BCUT2D eigenvalue weighted by molar-refractivity contribution is -0.127. The van der Waals surface area contributed by atoms with Gasteiger partial charge in [0.1, 0.15) is 29.3 Å². The van der Waals surface area contributed by atoms with E-state index < -0.39 is 0 Å². The van der Waals surface area contributed by atoms with Crippen molar-refractivity contribution in [3.05, 3.63) is 72.6 Å². The van der Waals surface area contributed by atoms with Gasteiger partial charge in [0.2, 0.25) is 5.91 Å². The van der Waals surface area contributed by atoms with Crippen LogP contribution < -0.4 is 10.5 Å². The van der Waals surface area contributed by atoms with Crippen molar-refractivity contribution >= 4 is 22.8 Å². The molecule has 5 rings (SSSR count). The molecule has 39 heavy (non-hydrogen) atoms. The minimum atomic E-state index is -0.0264. The second-order valence-electron chi connectivity index (χ2n) is 9.79. The zero-order valence-corrected chi connectivity index (χ0v) is 22.1. The van der Waals surface area contributed by atoms with Crippen LogP contribution in [0.4, 0.5) is 5.82 Å². The number of rotatable bonds is 7. The molecule has 2 aromatic heterocycles. The van der Waals surface area contributed by atoms with Gasteiger partial charge in [0.15, 0.2) is 5.65 Å². The van der Waals surface area contributed by atoms with Gasteiger partial charge in [0.25, 0.3) is 0 Å². The number of amides is 1. The molecule has 0 saturated carbocycles. The third kappa shape index (κ3) is 5.76. The first-order valence-corrected chi connectivity index (χ1v) is 12.9. The highest BCUT2D eigenvalue weighted by Gasteiger charge is 2.28. The van der Waals surface area contributed by atoms with Gasteiger partial charge in [-0.1, -0.05) is 18.1 Å². The molecule has 0 bridgehead atoms. The number of hydrogen-bond donors (Lipinski definition) is 1. The molecule has 1 atom stereocenters. The van der Waals surface area contributed by atoms with Crippen molar-refractivity contribution in [3.63, 3.8) is 0 Å². The van der Waals surface area contributed by atoms with Crippen molar-refractivity contribution in [3.8, 4) is 35.1 Å². The standard InChI is InChI=1S/C30H31N7O2/c1-4-21-8-5-10-25(18-21)39-24-14-12-22(13-15-24)28-27-29(31)32-20-33-30(27)37(34-28)23-9-6-17-36(19-23)26(38)11-7-16-35(2)3/h1,5,7-8,10-15,18,20,23H,6,9,16-17,19H2,2-3H3,(H2,31,32,33)/b11-7+/t23-/m1/s1. The molecule has 1 fully saturated rings. The Hall–Kier alpha value is -4.68. The fourth-order valence-electron chi connectivity index (χ4n) is 4.74. The minimum absolute atomic E-state index is 0.00995. The predicted molar refractivity (Wildman–Crippen MR) is 152 cm³/mol. The summed E-state index contributed by atoms with van der Waals surface area (Å²) in [5.74, 6) is 4.33. The van der Waals surface area contributed by atoms with E-state index in [2.05, 4.69) is 15.9 Å². The first-order chi connectivity index (χ1) is 18.9. The number of likely N-dealkylation sites (tertiary alicyclic amines) is 1. The molecule has 2 N–H and O–H groups in total. The summed E-state index contributed by atoms with van der Waals surface area (Å²) < 4.78 is 7.89. The number of nitrogens with zero attached hydrogens (tertiary/aromatic N) is 6. The number of hydrogen-bond acceptors (Lipinski definition) is 7. The van der Waals surface area contributed by atoms with E-state index in [9.17, 15) is 4.79 Å². The Morgan fingerprint density at radius 1 is 1.21 bits per heavy atom. The lowest BCUT2D eigenvalue weighted by Crippen LogP contribution is -2.40. The fourth-order valence-corrected chi connectivity index (χ4v) is 4.74. The van der Waals surface area contributed by atoms with E-state index in [-0.39, 0.29) is 11.9 Å². The van der Waals surface area contributed by atoms with Gasteiger partial charge in [0.05, 0.1) is 11.4 Å². The van der Waals surface area contributed by atoms with Gasteiger partial charge in [-0.05, 0) is 69.4 Å². The summed E-state index contributed by atoms with van der Waals surface area (Å²) in [5, 5.41) is 5.66. The fraction of sp³-hybridized carbons (Fsp3) is 0.267. The Kier molecular flexibility index (Phi) is 7.57. The third-order valence-corrected chi connectivity index (χ3v) is 6.67. The van der Waals surface area contributed by atoms with Gasteiger partial charge < -0.3 is 20.3 Å². The molecular formula is C30H31N7O2. The van der Waals surface area contributed by atoms with Crippen LogP contribution in [0.25, 0.3) is 22.3 Å². The highest BCUT2D eigenvalue weighted by Crippen LogP contribution is 2.35. The van der Waals surface area contributed by atoms with Crippen molar-refractivity contribution < 1.29 is 9.53 Å². The number of fused-ring (bicyclic) bond motifs is 1. The molecule has 9 heteroatoms. The Morgan fingerprint density at radius 3 is 2.79 bits per heavy atom. The van der Waals surface area contributed by atoms with E-state index in [1.807, 2.05) is 83.2 Å². The summed E-state index contributed by atoms with van der Waals surface area (Å²) in [6.45, 7) is 1.98. The van der Waals surface area contributed by atoms with E-state index in [1.54, 1.807) is 6.08 Å². The highest BCUT2D eigenvalue weighted by molar-refractivity contribution is 5.98. The number of carbonyl (C=O) groups excluding carboxylic acids is 1. The molecule has 0 aliphatic carbocycles. The molecule has 4 aromatic rings. The van der Waals surface area contributed by atoms with Gasteiger partial charge in [-0.15, -0.1) is 6.42 Å². The largest absolute Gasteiger partial charge is 0.457 e. The van der Waals surface area contributed by atoms with E-state index in [1.165, 1.54) is 6.33 Å². The van der Waals surface area contributed by atoms with Crippen molar-refractivity contribution in [2.24, 2.45) is 0 Å². The van der Waals surface area contributed by atoms with E-state index in [0.717, 1.165) is 30.5 Å². The van der Waals surface area contributed by atoms with E-state index in [4.69, 9.17) is 22.0 Å². The molecular weight excluding hydrogens is 490 g/mol. The first-order valence-electron chi connectivity index (χ1n) is 12.9. The molecule has 0 unspecified atom stereocenters. The monoisotopic (exact) mass is 521 g/mol. The molecule has 2 aromatic carbocycles. The Balaban J connectivity index is 1.41. The van der Waals surface area contributed by atoms with Crippen LogP contribution >= 0.6 is 0 Å². The van der Waals surface area contributed by atoms with Gasteiger partial charge in [-0.3, -0.25) is 4.79 Å². The summed E-state index contributed by atoms with van der Waals surface area (Å²) in [5.41, 5.74) is 9.30. The number of ether oxygens (including phenoxy) is 1. The topological polar surface area (TPSA) is 102 Å². The van der Waals surface area contributed by atoms with Crippen molar-refractivity contribution in [1.29, 1.82) is 0 Å². The average Bonchev–Trinajstić information content (AvgIpc) is 3.34. The highest BCUT2D eigenvalue weighted by atomic mass is 16.5. The second-order valence-corrected chi connectivity index (χ2v) is 9.79. The molecule has 1 amide bonds. The molecule has 9 nitrogen and oxygen atoms in total. The molecule has 1 aliphatic heterocycles. The minimum Gasteiger partial charge on any atom is -0.457 e. The van der Waals surface area contributed by atoms with Gasteiger partial charge in [-0.25, -0.2) is 14.6 Å². The predicted octanol–water partition coefficient (Wildman–Crippen LogP) is 4.13. The Labute approximate surface area is 227 Å². The van der Waals surface area contributed by atoms with Gasteiger partial charge in [-0.2, -0.15) is 5.10 Å². The number of nitrogens with two attached hydrogens (primary N) is 1. The number of anilines is 1. The van der Waals surface area contributed by atoms with Crippen LogP contribution in [0, 0.1) is 12.3 Å². The second kappa shape index (κ2) is 11.4. The van der Waals surface area contributed by atoms with Crippen LogP contribution in [0.15, 0.2) is 67.0 Å². The van der Waals surface area contributed by atoms with Crippen LogP contribution in [-0.4, -0.2) is 69.2 Å². The van der Waals surface area contributed by atoms with Gasteiger partial charge >= 0.3 is 0 Å². The normalized spacial score (nSPS) is 15.6. The maximum atomic E-state index is 12.8. The Bertz CT molecular complexity index is 1550. The molecule has 1 aliphatic rings. The SMILES string of the molecule is C#Cc1cccc(Oc2ccc(-c3nn([C@@H]4CCCN(C(=O)/C=C/CN(C)C)C4)c4ncnc(N)c34)cc2)c1. The summed E-state index contributed by atoms with van der Waals surface area (Å²) in [6.07, 6.45) is 12.3. The molecule has 1 saturated heterocycles. The van der Waals surface area contributed by atoms with E-state index in [0.29, 0.717) is 47.1 Å². The summed E-state index contributed by atoms with van der Waals surface area (Å²) in [4.78, 5) is 25.5. The number of nitrogen functional groups attached to an aromatic ring is 1. The van der Waals surface area contributed by atoms with Crippen LogP contribution in [0.1, 0.15) is 24.4 Å². The number of carbonyl (C=O) groups is 1.